The Balaban J connectivity index is 1.53. The minimum atomic E-state index is -0.707. The molecule has 2 fully saturated rings. The maximum absolute atomic E-state index is 10.9. The number of phenols is 1. The number of benzene rings is 1. The lowest BCUT2D eigenvalue weighted by atomic mass is 9.96. The van der Waals surface area contributed by atoms with Crippen molar-refractivity contribution in [3.05, 3.63) is 47.8 Å². The Morgan fingerprint density at radius 1 is 1.38 bits per heavy atom. The smallest absolute Gasteiger partial charge is 0.183 e. The van der Waals surface area contributed by atoms with E-state index in [1.54, 1.807) is 23.0 Å². The van der Waals surface area contributed by atoms with Crippen molar-refractivity contribution in [3.8, 4) is 5.75 Å². The van der Waals surface area contributed by atoms with E-state index in [-0.39, 0.29) is 17.9 Å². The summed E-state index contributed by atoms with van der Waals surface area (Å²) in [4.78, 5) is 0. The number of aromatic hydroxyl groups is 1. The lowest BCUT2D eigenvalue weighted by molar-refractivity contribution is -0.168. The van der Waals surface area contributed by atoms with Gasteiger partial charge in [-0.25, -0.2) is 0 Å². The summed E-state index contributed by atoms with van der Waals surface area (Å²) in [6, 6.07) is 6.43. The van der Waals surface area contributed by atoms with E-state index < -0.39 is 18.4 Å². The van der Waals surface area contributed by atoms with Gasteiger partial charge in [-0.05, 0) is 18.6 Å². The monoisotopic (exact) mass is 331 g/mol. The van der Waals surface area contributed by atoms with Crippen molar-refractivity contribution in [2.24, 2.45) is 0 Å². The van der Waals surface area contributed by atoms with Crippen molar-refractivity contribution < 1.29 is 19.7 Å². The average molecular weight is 331 g/mol. The second-order valence-electron chi connectivity index (χ2n) is 6.39. The molecule has 0 saturated carbocycles. The third-order valence-corrected chi connectivity index (χ3v) is 4.69. The Hall–Kier alpha value is -1.93. The molecule has 0 aliphatic carbocycles. The van der Waals surface area contributed by atoms with E-state index in [0.29, 0.717) is 13.2 Å². The molecule has 2 aliphatic heterocycles. The molecule has 2 aromatic rings. The molecule has 0 radical (unpaired) electrons. The van der Waals surface area contributed by atoms with Crippen LogP contribution in [0.1, 0.15) is 17.2 Å². The van der Waals surface area contributed by atoms with Crippen molar-refractivity contribution in [1.29, 1.82) is 0 Å². The van der Waals surface area contributed by atoms with Gasteiger partial charge in [-0.15, -0.1) is 0 Å². The molecule has 7 nitrogen and oxygen atoms in total. The summed E-state index contributed by atoms with van der Waals surface area (Å²) in [5, 5.41) is 28.4. The molecule has 0 unspecified atom stereocenters. The molecule has 3 N–H and O–H groups in total. The van der Waals surface area contributed by atoms with Gasteiger partial charge in [-0.3, -0.25) is 4.68 Å². The summed E-state index contributed by atoms with van der Waals surface area (Å²) in [6.45, 7) is 2.81. The second kappa shape index (κ2) is 6.18. The third-order valence-electron chi connectivity index (χ3n) is 4.69. The number of aliphatic hydroxyl groups is 1. The minimum absolute atomic E-state index is 0.219. The molecule has 7 heteroatoms. The molecule has 2 saturated heterocycles. The van der Waals surface area contributed by atoms with Crippen LogP contribution in [0.5, 0.6) is 5.75 Å². The first-order valence-corrected chi connectivity index (χ1v) is 8.09. The Morgan fingerprint density at radius 2 is 2.21 bits per heavy atom. The Bertz CT molecular complexity index is 719. The number of aryl methyl sites for hydroxylation is 1. The average Bonchev–Trinajstić information content (AvgIpc) is 3.17. The molecule has 128 valence electrons. The van der Waals surface area contributed by atoms with Gasteiger partial charge in [0, 0.05) is 18.3 Å². The standard InChI is InChI=1S/C17H21N3O4/c1-10-6-19-20(8-10)15-16(22)14(13-9-23-17(15)24-13)18-7-11-4-2-3-5-12(11)21/h2-6,8,13-18,21-22H,7,9H2,1H3/t13-,14-,15-,16+,17-/m1/s1. The molecule has 3 heterocycles. The van der Waals surface area contributed by atoms with Crippen LogP contribution in [-0.4, -0.2) is 51.1 Å². The number of rotatable bonds is 4. The highest BCUT2D eigenvalue weighted by Crippen LogP contribution is 2.35. The van der Waals surface area contributed by atoms with Gasteiger partial charge in [0.2, 0.25) is 0 Å². The van der Waals surface area contributed by atoms with Crippen LogP contribution < -0.4 is 5.32 Å². The number of hydrogen-bond donors (Lipinski definition) is 3. The number of nitrogens with one attached hydrogen (secondary N) is 1. The molecule has 0 amide bonds. The van der Waals surface area contributed by atoms with Crippen LogP contribution >= 0.6 is 0 Å². The number of ether oxygens (including phenoxy) is 2. The predicted molar refractivity (Wildman–Crippen MR) is 85.4 cm³/mol. The van der Waals surface area contributed by atoms with E-state index in [1.165, 1.54) is 0 Å². The van der Waals surface area contributed by atoms with E-state index >= 15 is 0 Å². The molecular formula is C17H21N3O4. The number of aliphatic hydroxyl groups excluding tert-OH is 1. The summed E-state index contributed by atoms with van der Waals surface area (Å²) >= 11 is 0. The Kier molecular flexibility index (Phi) is 4.01. The van der Waals surface area contributed by atoms with Crippen LogP contribution in [0.15, 0.2) is 36.7 Å². The van der Waals surface area contributed by atoms with Crippen LogP contribution in [0.2, 0.25) is 0 Å². The van der Waals surface area contributed by atoms with Crippen molar-refractivity contribution in [2.45, 2.75) is 44.1 Å². The zero-order valence-electron chi connectivity index (χ0n) is 13.4. The fraction of sp³-hybridized carbons (Fsp3) is 0.471. The molecule has 5 atom stereocenters. The molecule has 2 aliphatic rings. The first-order valence-electron chi connectivity index (χ1n) is 8.09. The molecule has 4 rings (SSSR count). The summed E-state index contributed by atoms with van der Waals surface area (Å²) in [5.41, 5.74) is 1.79. The van der Waals surface area contributed by atoms with Crippen LogP contribution in [0, 0.1) is 6.92 Å². The van der Waals surface area contributed by atoms with Gasteiger partial charge < -0.3 is 25.0 Å². The van der Waals surface area contributed by atoms with E-state index in [1.807, 2.05) is 25.3 Å². The SMILES string of the molecule is Cc1cnn([C@H]2[C@@H]3OC[C@@H](O3)[C@@H](NCc3ccccc3O)[C@@H]2O)c1. The van der Waals surface area contributed by atoms with Gasteiger partial charge in [0.25, 0.3) is 0 Å². The zero-order chi connectivity index (χ0) is 16.7. The second-order valence-corrected chi connectivity index (χ2v) is 6.39. The number of para-hydroxylation sites is 1. The quantitative estimate of drug-likeness (QED) is 0.765. The minimum Gasteiger partial charge on any atom is -0.508 e. The van der Waals surface area contributed by atoms with E-state index in [4.69, 9.17) is 9.47 Å². The van der Waals surface area contributed by atoms with Crippen LogP contribution in [-0.2, 0) is 16.0 Å². The molecule has 2 bridgehead atoms. The number of phenolic OH excluding ortho intramolecular Hbond substituents is 1. The number of aromatic nitrogens is 2. The van der Waals surface area contributed by atoms with Crippen molar-refractivity contribution in [2.75, 3.05) is 6.61 Å². The number of hydrogen-bond acceptors (Lipinski definition) is 6. The van der Waals surface area contributed by atoms with E-state index in [9.17, 15) is 10.2 Å². The van der Waals surface area contributed by atoms with Gasteiger partial charge in [0.15, 0.2) is 6.29 Å². The summed E-state index contributed by atoms with van der Waals surface area (Å²) < 4.78 is 13.3. The van der Waals surface area contributed by atoms with Gasteiger partial charge in [0.05, 0.1) is 24.9 Å². The molecule has 1 aromatic heterocycles. The molecule has 0 spiro atoms. The highest BCUT2D eigenvalue weighted by Gasteiger charge is 2.51. The summed E-state index contributed by atoms with van der Waals surface area (Å²) in [6.07, 6.45) is 2.20. The van der Waals surface area contributed by atoms with Crippen LogP contribution in [0.25, 0.3) is 0 Å². The first-order chi connectivity index (χ1) is 11.6. The third kappa shape index (κ3) is 2.69. The van der Waals surface area contributed by atoms with E-state index in [2.05, 4.69) is 10.4 Å². The summed E-state index contributed by atoms with van der Waals surface area (Å²) in [5.74, 6) is 0.232. The lowest BCUT2D eigenvalue weighted by Crippen LogP contribution is -2.57. The van der Waals surface area contributed by atoms with Crippen molar-refractivity contribution in [3.63, 3.8) is 0 Å². The first kappa shape index (κ1) is 15.6. The Labute approximate surface area is 139 Å². The van der Waals surface area contributed by atoms with Gasteiger partial charge >= 0.3 is 0 Å². The lowest BCUT2D eigenvalue weighted by Gasteiger charge is -2.38. The normalized spacial score (nSPS) is 32.2. The van der Waals surface area contributed by atoms with E-state index in [0.717, 1.165) is 11.1 Å². The predicted octanol–water partition coefficient (Wildman–Crippen LogP) is 0.713. The van der Waals surface area contributed by atoms with Crippen molar-refractivity contribution in [1.82, 2.24) is 15.1 Å². The fourth-order valence-electron chi connectivity index (χ4n) is 3.42. The maximum Gasteiger partial charge on any atom is 0.183 e. The van der Waals surface area contributed by atoms with Crippen molar-refractivity contribution >= 4 is 0 Å². The zero-order valence-corrected chi connectivity index (χ0v) is 13.4. The van der Waals surface area contributed by atoms with Gasteiger partial charge in [-0.2, -0.15) is 5.10 Å². The molecule has 24 heavy (non-hydrogen) atoms. The van der Waals surface area contributed by atoms with Crippen LogP contribution in [0.3, 0.4) is 0 Å². The van der Waals surface area contributed by atoms with Gasteiger partial charge in [0.1, 0.15) is 17.9 Å². The topological polar surface area (TPSA) is 88.8 Å². The number of fused-ring (bicyclic) bond motifs is 2. The Morgan fingerprint density at radius 3 is 2.96 bits per heavy atom. The number of nitrogens with zero attached hydrogens (tertiary/aromatic N) is 2. The maximum atomic E-state index is 10.9. The van der Waals surface area contributed by atoms with Crippen LogP contribution in [0.4, 0.5) is 0 Å². The highest BCUT2D eigenvalue weighted by molar-refractivity contribution is 5.31. The molecule has 1 aromatic carbocycles. The fourth-order valence-corrected chi connectivity index (χ4v) is 3.42. The van der Waals surface area contributed by atoms with Gasteiger partial charge in [-0.1, -0.05) is 18.2 Å². The summed E-state index contributed by atoms with van der Waals surface area (Å²) in [7, 11) is 0. The molecular weight excluding hydrogens is 310 g/mol. The highest BCUT2D eigenvalue weighted by atomic mass is 16.7. The largest absolute Gasteiger partial charge is 0.508 e.